The molecule has 0 amide bonds. The van der Waals surface area contributed by atoms with Crippen molar-refractivity contribution in [2.24, 2.45) is 0 Å². The van der Waals surface area contributed by atoms with Crippen LogP contribution >= 0.6 is 0 Å². The van der Waals surface area contributed by atoms with E-state index in [1.165, 1.54) is 6.92 Å². The molecule has 8 heteroatoms. The third kappa shape index (κ3) is 2.27. The minimum atomic E-state index is -3.10. The van der Waals surface area contributed by atoms with Crippen LogP contribution in [0.3, 0.4) is 0 Å². The molecule has 0 unspecified atom stereocenters. The largest absolute Gasteiger partial charge is 0.488 e. The summed E-state index contributed by atoms with van der Waals surface area (Å²) in [6.07, 6.45) is -3.10. The van der Waals surface area contributed by atoms with E-state index < -0.39 is 46.5 Å². The first-order chi connectivity index (χ1) is 8.32. The van der Waals surface area contributed by atoms with Gasteiger partial charge in [0.2, 0.25) is 17.5 Å². The molecule has 0 atom stereocenters. The molecule has 0 aliphatic carbocycles. The van der Waals surface area contributed by atoms with E-state index in [4.69, 9.17) is 0 Å². The number of hydrogen-bond acceptors (Lipinski definition) is 1. The van der Waals surface area contributed by atoms with Gasteiger partial charge in [0.25, 0.3) is 0 Å². The molecule has 0 fully saturated rings. The summed E-state index contributed by atoms with van der Waals surface area (Å²) in [6, 6.07) is 0. The standard InChI is InChI=1S/C10H5F7O/c1-2-18-9-7(14)4(11)3(5(12)8(9)15)6(13)10(16)17/h2H2,1H3. The van der Waals surface area contributed by atoms with E-state index >= 15 is 0 Å². The normalized spacial score (nSPS) is 10.4. The quantitative estimate of drug-likeness (QED) is 0.593. The van der Waals surface area contributed by atoms with E-state index in [1.54, 1.807) is 0 Å². The Kier molecular flexibility index (Phi) is 4.20. The maximum absolute atomic E-state index is 13.2. The molecule has 1 aromatic rings. The number of hydrogen-bond donors (Lipinski definition) is 0. The van der Waals surface area contributed by atoms with Gasteiger partial charge in [0.1, 0.15) is 0 Å². The molecule has 0 saturated carbocycles. The van der Waals surface area contributed by atoms with Crippen LogP contribution in [-0.4, -0.2) is 6.61 Å². The van der Waals surface area contributed by atoms with Gasteiger partial charge in [0.05, 0.1) is 12.2 Å². The van der Waals surface area contributed by atoms with Crippen molar-refractivity contribution in [2.75, 3.05) is 6.61 Å². The van der Waals surface area contributed by atoms with Crippen LogP contribution in [0.5, 0.6) is 5.75 Å². The molecule has 0 radical (unpaired) electrons. The van der Waals surface area contributed by atoms with Gasteiger partial charge in [-0.05, 0) is 6.92 Å². The van der Waals surface area contributed by atoms with Crippen molar-refractivity contribution < 1.29 is 35.5 Å². The fourth-order valence-corrected chi connectivity index (χ4v) is 1.17. The lowest BCUT2D eigenvalue weighted by Gasteiger charge is -2.10. The molecule has 0 heterocycles. The zero-order chi connectivity index (χ0) is 14.0. The van der Waals surface area contributed by atoms with Gasteiger partial charge in [-0.3, -0.25) is 0 Å². The van der Waals surface area contributed by atoms with Crippen LogP contribution in [0.2, 0.25) is 0 Å². The average molecular weight is 274 g/mol. The topological polar surface area (TPSA) is 9.23 Å². The van der Waals surface area contributed by atoms with Crippen molar-refractivity contribution in [3.63, 3.8) is 0 Å². The molecule has 0 bridgehead atoms. The molecule has 1 nitrogen and oxygen atoms in total. The van der Waals surface area contributed by atoms with Crippen molar-refractivity contribution in [3.05, 3.63) is 34.9 Å². The lowest BCUT2D eigenvalue weighted by atomic mass is 10.1. The Morgan fingerprint density at radius 3 is 1.67 bits per heavy atom. The summed E-state index contributed by atoms with van der Waals surface area (Å²) in [4.78, 5) is 0. The molecule has 1 aromatic carbocycles. The summed E-state index contributed by atoms with van der Waals surface area (Å²) in [5.74, 6) is -12.8. The van der Waals surface area contributed by atoms with Crippen LogP contribution in [0.25, 0.3) is 5.83 Å². The molecule has 0 saturated heterocycles. The first kappa shape index (κ1) is 14.3. The number of ether oxygens (including phenoxy) is 1. The van der Waals surface area contributed by atoms with Crippen LogP contribution in [0.1, 0.15) is 12.5 Å². The lowest BCUT2D eigenvalue weighted by molar-refractivity contribution is 0.285. The molecule has 100 valence electrons. The highest BCUT2D eigenvalue weighted by Crippen LogP contribution is 2.35. The second kappa shape index (κ2) is 5.28. The minimum Gasteiger partial charge on any atom is -0.488 e. The Balaban J connectivity index is 3.64. The fraction of sp³-hybridized carbons (Fsp3) is 0.200. The summed E-state index contributed by atoms with van der Waals surface area (Å²) >= 11 is 0. The number of halogens is 7. The summed E-state index contributed by atoms with van der Waals surface area (Å²) in [6.45, 7) is 0.937. The van der Waals surface area contributed by atoms with Crippen molar-refractivity contribution in [2.45, 2.75) is 6.92 Å². The molecule has 18 heavy (non-hydrogen) atoms. The predicted octanol–water partition coefficient (Wildman–Crippen LogP) is 4.18. The number of benzene rings is 1. The molecule has 0 aromatic heterocycles. The highest BCUT2D eigenvalue weighted by atomic mass is 19.3. The molecule has 0 N–H and O–H groups in total. The Morgan fingerprint density at radius 2 is 1.33 bits per heavy atom. The smallest absolute Gasteiger partial charge is 0.306 e. The van der Waals surface area contributed by atoms with E-state index in [0.717, 1.165) is 0 Å². The third-order valence-corrected chi connectivity index (χ3v) is 1.90. The maximum atomic E-state index is 13.2. The summed E-state index contributed by atoms with van der Waals surface area (Å²) in [7, 11) is 0. The second-order valence-electron chi connectivity index (χ2n) is 2.97. The summed E-state index contributed by atoms with van der Waals surface area (Å²) < 4.78 is 93.4. The van der Waals surface area contributed by atoms with Gasteiger partial charge in [0, 0.05) is 0 Å². The maximum Gasteiger partial charge on any atom is 0.306 e. The number of rotatable bonds is 3. The molecule has 0 aliphatic rings. The van der Waals surface area contributed by atoms with Crippen LogP contribution in [-0.2, 0) is 0 Å². The van der Waals surface area contributed by atoms with E-state index in [2.05, 4.69) is 4.74 Å². The lowest BCUT2D eigenvalue weighted by Crippen LogP contribution is -2.07. The van der Waals surface area contributed by atoms with E-state index in [1.807, 2.05) is 0 Å². The van der Waals surface area contributed by atoms with Crippen molar-refractivity contribution in [1.82, 2.24) is 0 Å². The minimum absolute atomic E-state index is 0.331. The Hall–Kier alpha value is -1.73. The van der Waals surface area contributed by atoms with Crippen molar-refractivity contribution in [3.8, 4) is 5.75 Å². The SMILES string of the molecule is CCOc1c(F)c(F)c(C(F)=C(F)F)c(F)c1F. The first-order valence-electron chi connectivity index (χ1n) is 4.52. The zero-order valence-corrected chi connectivity index (χ0v) is 8.76. The second-order valence-corrected chi connectivity index (χ2v) is 2.97. The highest BCUT2D eigenvalue weighted by Gasteiger charge is 2.30. The summed E-state index contributed by atoms with van der Waals surface area (Å²) in [5.41, 5.74) is -2.10. The summed E-state index contributed by atoms with van der Waals surface area (Å²) in [5, 5.41) is 0. The predicted molar refractivity (Wildman–Crippen MR) is 47.7 cm³/mol. The van der Waals surface area contributed by atoms with E-state index in [9.17, 15) is 30.7 Å². The highest BCUT2D eigenvalue weighted by molar-refractivity contribution is 5.62. The van der Waals surface area contributed by atoms with Gasteiger partial charge in [-0.25, -0.2) is 13.2 Å². The van der Waals surface area contributed by atoms with Gasteiger partial charge in [-0.15, -0.1) is 0 Å². The van der Waals surface area contributed by atoms with Crippen LogP contribution in [0, 0.1) is 23.3 Å². The third-order valence-electron chi connectivity index (χ3n) is 1.90. The molecule has 0 spiro atoms. The van der Waals surface area contributed by atoms with Gasteiger partial charge in [0.15, 0.2) is 17.4 Å². The van der Waals surface area contributed by atoms with E-state index in [-0.39, 0.29) is 6.61 Å². The van der Waals surface area contributed by atoms with Crippen molar-refractivity contribution in [1.29, 1.82) is 0 Å². The monoisotopic (exact) mass is 274 g/mol. The molecule has 1 rings (SSSR count). The van der Waals surface area contributed by atoms with Gasteiger partial charge < -0.3 is 4.74 Å². The van der Waals surface area contributed by atoms with Crippen LogP contribution < -0.4 is 4.74 Å². The Morgan fingerprint density at radius 1 is 0.889 bits per heavy atom. The molecular formula is C10H5F7O. The van der Waals surface area contributed by atoms with Gasteiger partial charge in [-0.2, -0.15) is 17.6 Å². The van der Waals surface area contributed by atoms with Crippen LogP contribution in [0.15, 0.2) is 6.08 Å². The average Bonchev–Trinajstić information content (AvgIpc) is 2.32. The van der Waals surface area contributed by atoms with Gasteiger partial charge >= 0.3 is 6.08 Å². The molecular weight excluding hydrogens is 269 g/mol. The Labute approximate surface area is 96.5 Å². The fourth-order valence-electron chi connectivity index (χ4n) is 1.17. The van der Waals surface area contributed by atoms with E-state index in [0.29, 0.717) is 0 Å². The zero-order valence-electron chi connectivity index (χ0n) is 8.76. The van der Waals surface area contributed by atoms with Crippen molar-refractivity contribution >= 4 is 5.83 Å². The molecule has 0 aliphatic heterocycles. The Bertz CT molecular complexity index is 476. The van der Waals surface area contributed by atoms with Crippen LogP contribution in [0.4, 0.5) is 30.7 Å². The first-order valence-corrected chi connectivity index (χ1v) is 4.52. The van der Waals surface area contributed by atoms with Gasteiger partial charge in [-0.1, -0.05) is 0 Å².